The van der Waals surface area contributed by atoms with E-state index in [1.165, 1.54) is 6.92 Å². The van der Waals surface area contributed by atoms with E-state index in [9.17, 15) is 10.1 Å². The van der Waals surface area contributed by atoms with Crippen molar-refractivity contribution in [3.05, 3.63) is 10.1 Å². The molecular formula is C3H4NO2S2. The summed E-state index contributed by atoms with van der Waals surface area (Å²) in [7, 11) is 0. The molecule has 0 aliphatic heterocycles. The highest BCUT2D eigenvalue weighted by Crippen LogP contribution is 2.05. The van der Waals surface area contributed by atoms with Crippen molar-refractivity contribution in [2.24, 2.45) is 0 Å². The molecule has 0 saturated heterocycles. The first-order chi connectivity index (χ1) is 3.68. The SMILES string of the molecule is CC(S[C]=S)[N+](=O)[O-]. The van der Waals surface area contributed by atoms with Crippen LogP contribution in [0.15, 0.2) is 0 Å². The van der Waals surface area contributed by atoms with E-state index >= 15 is 0 Å². The van der Waals surface area contributed by atoms with Gasteiger partial charge >= 0.3 is 0 Å². The minimum atomic E-state index is -0.660. The monoisotopic (exact) mass is 150 g/mol. The van der Waals surface area contributed by atoms with E-state index in [2.05, 4.69) is 16.9 Å². The van der Waals surface area contributed by atoms with Crippen molar-refractivity contribution >= 4 is 28.7 Å². The van der Waals surface area contributed by atoms with Crippen molar-refractivity contribution in [2.75, 3.05) is 0 Å². The van der Waals surface area contributed by atoms with Crippen molar-refractivity contribution in [1.29, 1.82) is 0 Å². The van der Waals surface area contributed by atoms with Crippen LogP contribution in [0.5, 0.6) is 0 Å². The molecule has 1 atom stereocenters. The summed E-state index contributed by atoms with van der Waals surface area (Å²) in [6.07, 6.45) is 0. The molecule has 0 aromatic heterocycles. The van der Waals surface area contributed by atoms with Gasteiger partial charge in [0.1, 0.15) is 4.70 Å². The van der Waals surface area contributed by atoms with Gasteiger partial charge in [0, 0.05) is 11.8 Å². The maximum Gasteiger partial charge on any atom is 0.260 e. The molecule has 0 aliphatic rings. The zero-order valence-electron chi connectivity index (χ0n) is 4.16. The molecule has 0 aromatic rings. The Morgan fingerprint density at radius 1 is 2.00 bits per heavy atom. The lowest BCUT2D eigenvalue weighted by molar-refractivity contribution is -0.490. The van der Waals surface area contributed by atoms with E-state index in [4.69, 9.17) is 0 Å². The first-order valence-corrected chi connectivity index (χ1v) is 3.13. The third-order valence-corrected chi connectivity index (χ3v) is 1.41. The number of hydrogen-bond acceptors (Lipinski definition) is 4. The largest absolute Gasteiger partial charge is 0.263 e. The van der Waals surface area contributed by atoms with E-state index in [0.29, 0.717) is 0 Å². The minimum Gasteiger partial charge on any atom is -0.263 e. The molecular weight excluding hydrogens is 146 g/mol. The highest BCUT2D eigenvalue weighted by atomic mass is 32.2. The second kappa shape index (κ2) is 3.80. The van der Waals surface area contributed by atoms with E-state index < -0.39 is 10.3 Å². The van der Waals surface area contributed by atoms with Gasteiger partial charge in [-0.1, -0.05) is 12.2 Å². The molecule has 5 heteroatoms. The van der Waals surface area contributed by atoms with Crippen LogP contribution in [0.25, 0.3) is 0 Å². The number of thioether (sulfide) groups is 1. The van der Waals surface area contributed by atoms with Crippen LogP contribution in [0.4, 0.5) is 0 Å². The van der Waals surface area contributed by atoms with E-state index in [-0.39, 0.29) is 0 Å². The van der Waals surface area contributed by atoms with E-state index in [1.54, 1.807) is 0 Å². The Bertz CT molecular complexity index is 105. The normalized spacial score (nSPS) is 12.6. The molecule has 0 saturated carbocycles. The van der Waals surface area contributed by atoms with E-state index in [1.807, 2.05) is 0 Å². The maximum atomic E-state index is 9.79. The van der Waals surface area contributed by atoms with Crippen LogP contribution >= 0.6 is 24.0 Å². The van der Waals surface area contributed by atoms with Crippen LogP contribution in [0.3, 0.4) is 0 Å². The van der Waals surface area contributed by atoms with Gasteiger partial charge in [0.15, 0.2) is 0 Å². The number of hydrogen-bond donors (Lipinski definition) is 0. The third kappa shape index (κ3) is 2.92. The van der Waals surface area contributed by atoms with Gasteiger partial charge in [-0.25, -0.2) is 0 Å². The predicted octanol–water partition coefficient (Wildman–Crippen LogP) is 1.18. The summed E-state index contributed by atoms with van der Waals surface area (Å²) in [6.45, 7) is 1.46. The van der Waals surface area contributed by atoms with Gasteiger partial charge in [0.2, 0.25) is 0 Å². The van der Waals surface area contributed by atoms with Gasteiger partial charge in [-0.05, 0) is 11.8 Å². The van der Waals surface area contributed by atoms with E-state index in [0.717, 1.165) is 11.8 Å². The van der Waals surface area contributed by atoms with Crippen LogP contribution in [0.1, 0.15) is 6.92 Å². The van der Waals surface area contributed by atoms with Crippen molar-refractivity contribution in [3.8, 4) is 0 Å². The smallest absolute Gasteiger partial charge is 0.260 e. The minimum absolute atomic E-state index is 0.413. The molecule has 8 heavy (non-hydrogen) atoms. The molecule has 0 N–H and O–H groups in total. The highest BCUT2D eigenvalue weighted by Gasteiger charge is 2.09. The molecule has 0 aliphatic carbocycles. The lowest BCUT2D eigenvalue weighted by Crippen LogP contribution is -2.09. The van der Waals surface area contributed by atoms with Crippen molar-refractivity contribution in [2.45, 2.75) is 12.3 Å². The van der Waals surface area contributed by atoms with Gasteiger partial charge in [-0.2, -0.15) is 0 Å². The Morgan fingerprint density at radius 2 is 2.50 bits per heavy atom. The summed E-state index contributed by atoms with van der Waals surface area (Å²) in [5, 5.41) is 9.13. The summed E-state index contributed by atoms with van der Waals surface area (Å²) >= 11 is 5.16. The van der Waals surface area contributed by atoms with Gasteiger partial charge in [-0.3, -0.25) is 10.1 Å². The number of nitro groups is 1. The molecule has 0 rings (SSSR count). The van der Waals surface area contributed by atoms with Gasteiger partial charge in [-0.15, -0.1) is 0 Å². The molecule has 45 valence electrons. The van der Waals surface area contributed by atoms with Crippen LogP contribution in [-0.2, 0) is 0 Å². The molecule has 0 amide bonds. The Balaban J connectivity index is 3.46. The fraction of sp³-hybridized carbons (Fsp3) is 0.667. The van der Waals surface area contributed by atoms with Crippen molar-refractivity contribution in [1.82, 2.24) is 0 Å². The van der Waals surface area contributed by atoms with Crippen LogP contribution in [0, 0.1) is 10.1 Å². The van der Waals surface area contributed by atoms with Crippen LogP contribution in [0.2, 0.25) is 0 Å². The number of rotatable bonds is 3. The lowest BCUT2D eigenvalue weighted by Gasteiger charge is -1.93. The lowest BCUT2D eigenvalue weighted by atomic mass is 10.8. The summed E-state index contributed by atoms with van der Waals surface area (Å²) in [5.74, 6) is 0. The second-order valence-electron chi connectivity index (χ2n) is 1.09. The fourth-order valence-corrected chi connectivity index (χ4v) is 0.756. The van der Waals surface area contributed by atoms with Crippen molar-refractivity contribution in [3.63, 3.8) is 0 Å². The Labute approximate surface area is 56.6 Å². The van der Waals surface area contributed by atoms with Crippen LogP contribution in [-0.4, -0.2) is 15.0 Å². The van der Waals surface area contributed by atoms with Crippen LogP contribution < -0.4 is 0 Å². The quantitative estimate of drug-likeness (QED) is 0.262. The number of nitrogens with zero attached hydrogens (tertiary/aromatic N) is 1. The Kier molecular flexibility index (Phi) is 3.72. The average molecular weight is 150 g/mol. The summed E-state index contributed by atoms with van der Waals surface area (Å²) in [4.78, 5) is 9.37. The molecule has 0 bridgehead atoms. The molecule has 1 unspecified atom stereocenters. The predicted molar refractivity (Wildman–Crippen MR) is 36.6 cm³/mol. The van der Waals surface area contributed by atoms with Gasteiger partial charge < -0.3 is 0 Å². The fourth-order valence-electron chi connectivity index (χ4n) is 0.113. The maximum absolute atomic E-state index is 9.79. The number of thiocarbonyl (C=S) groups is 1. The molecule has 0 spiro atoms. The summed E-state index contributed by atoms with van der Waals surface area (Å²) < 4.78 is 2.21. The molecule has 0 heterocycles. The third-order valence-electron chi connectivity index (χ3n) is 0.516. The first-order valence-electron chi connectivity index (χ1n) is 1.84. The molecule has 3 nitrogen and oxygen atoms in total. The highest BCUT2D eigenvalue weighted by molar-refractivity contribution is 8.21. The second-order valence-corrected chi connectivity index (χ2v) is 2.67. The molecule has 0 fully saturated rings. The molecule has 1 radical (unpaired) electrons. The standard InChI is InChI=1S/C3H4NO2S2/c1-3(4(5)6)8-2-7/h3H,1H3. The first kappa shape index (κ1) is 7.84. The topological polar surface area (TPSA) is 43.1 Å². The van der Waals surface area contributed by atoms with Gasteiger partial charge in [0.05, 0.1) is 0 Å². The Hall–Kier alpha value is -0.160. The Morgan fingerprint density at radius 3 is 2.62 bits per heavy atom. The zero-order valence-corrected chi connectivity index (χ0v) is 5.79. The molecule has 0 aromatic carbocycles. The zero-order chi connectivity index (χ0) is 6.57. The van der Waals surface area contributed by atoms with Crippen molar-refractivity contribution < 1.29 is 4.92 Å². The summed E-state index contributed by atoms with van der Waals surface area (Å²) in [5.41, 5.74) is 0. The summed E-state index contributed by atoms with van der Waals surface area (Å²) in [6, 6.07) is 0. The average Bonchev–Trinajstić information content (AvgIpc) is 1.67. The van der Waals surface area contributed by atoms with Gasteiger partial charge in [0.25, 0.3) is 5.37 Å².